The van der Waals surface area contributed by atoms with E-state index in [0.717, 1.165) is 27.6 Å². The van der Waals surface area contributed by atoms with Crippen molar-refractivity contribution < 1.29 is 5.11 Å². The van der Waals surface area contributed by atoms with Crippen LogP contribution in [0.2, 0.25) is 5.02 Å². The molecule has 1 heterocycles. The highest BCUT2D eigenvalue weighted by atomic mass is 79.9. The standard InChI is InChI=1S/C13H14BrClN2O/c1-2-8(7-18)16-12-6-3-9-10(14)4-5-11(15)13(9)17-12/h3-6,8,18H,2,7H2,1H3,(H,16,17)/t8-/m1/s1. The smallest absolute Gasteiger partial charge is 0.127 e. The van der Waals surface area contributed by atoms with Gasteiger partial charge in [0.15, 0.2) is 0 Å². The van der Waals surface area contributed by atoms with Crippen LogP contribution in [0.3, 0.4) is 0 Å². The van der Waals surface area contributed by atoms with Gasteiger partial charge >= 0.3 is 0 Å². The summed E-state index contributed by atoms with van der Waals surface area (Å²) in [6.45, 7) is 2.10. The van der Waals surface area contributed by atoms with E-state index in [0.29, 0.717) is 5.02 Å². The molecule has 5 heteroatoms. The van der Waals surface area contributed by atoms with Gasteiger partial charge in [-0.15, -0.1) is 0 Å². The van der Waals surface area contributed by atoms with E-state index in [1.807, 2.05) is 31.2 Å². The summed E-state index contributed by atoms with van der Waals surface area (Å²) in [7, 11) is 0. The molecule has 2 rings (SSSR count). The van der Waals surface area contributed by atoms with Gasteiger partial charge in [-0.1, -0.05) is 34.5 Å². The number of fused-ring (bicyclic) bond motifs is 1. The lowest BCUT2D eigenvalue weighted by atomic mass is 10.2. The zero-order valence-corrected chi connectivity index (χ0v) is 12.3. The topological polar surface area (TPSA) is 45.1 Å². The van der Waals surface area contributed by atoms with E-state index in [2.05, 4.69) is 26.2 Å². The maximum atomic E-state index is 9.18. The van der Waals surface area contributed by atoms with Gasteiger partial charge in [-0.05, 0) is 30.7 Å². The van der Waals surface area contributed by atoms with Gasteiger partial charge in [-0.3, -0.25) is 0 Å². The number of anilines is 1. The van der Waals surface area contributed by atoms with Gasteiger partial charge in [0, 0.05) is 9.86 Å². The summed E-state index contributed by atoms with van der Waals surface area (Å²) in [5.41, 5.74) is 0.754. The van der Waals surface area contributed by atoms with Crippen LogP contribution in [0.25, 0.3) is 10.9 Å². The van der Waals surface area contributed by atoms with Crippen molar-refractivity contribution in [2.75, 3.05) is 11.9 Å². The summed E-state index contributed by atoms with van der Waals surface area (Å²) >= 11 is 9.62. The third kappa shape index (κ3) is 2.76. The van der Waals surface area contributed by atoms with Gasteiger partial charge in [0.2, 0.25) is 0 Å². The Labute approximate surface area is 119 Å². The Balaban J connectivity index is 2.41. The first-order valence-electron chi connectivity index (χ1n) is 5.78. The second-order valence-electron chi connectivity index (χ2n) is 4.05. The van der Waals surface area contributed by atoms with Crippen molar-refractivity contribution in [3.8, 4) is 0 Å². The molecule has 0 saturated carbocycles. The van der Waals surface area contributed by atoms with E-state index >= 15 is 0 Å². The molecule has 3 nitrogen and oxygen atoms in total. The Morgan fingerprint density at radius 1 is 1.39 bits per heavy atom. The van der Waals surface area contributed by atoms with Gasteiger partial charge < -0.3 is 10.4 Å². The Kier molecular flexibility index (Phi) is 4.43. The van der Waals surface area contributed by atoms with Gasteiger partial charge in [0.1, 0.15) is 5.82 Å². The van der Waals surface area contributed by atoms with Crippen LogP contribution in [-0.4, -0.2) is 22.7 Å². The van der Waals surface area contributed by atoms with Crippen LogP contribution in [-0.2, 0) is 0 Å². The van der Waals surface area contributed by atoms with Crippen LogP contribution in [0.1, 0.15) is 13.3 Å². The fraction of sp³-hybridized carbons (Fsp3) is 0.308. The Morgan fingerprint density at radius 2 is 2.17 bits per heavy atom. The molecule has 0 bridgehead atoms. The van der Waals surface area contributed by atoms with Crippen molar-refractivity contribution in [3.05, 3.63) is 33.8 Å². The maximum absolute atomic E-state index is 9.18. The molecular weight excluding hydrogens is 316 g/mol. The fourth-order valence-corrected chi connectivity index (χ4v) is 2.37. The number of hydrogen-bond acceptors (Lipinski definition) is 3. The Hall–Kier alpha value is -0.840. The second-order valence-corrected chi connectivity index (χ2v) is 5.32. The number of aromatic nitrogens is 1. The van der Waals surface area contributed by atoms with Crippen LogP contribution < -0.4 is 5.32 Å². The summed E-state index contributed by atoms with van der Waals surface area (Å²) in [5, 5.41) is 14.0. The van der Waals surface area contributed by atoms with Crippen LogP contribution in [0.4, 0.5) is 5.82 Å². The van der Waals surface area contributed by atoms with E-state index in [9.17, 15) is 5.11 Å². The lowest BCUT2D eigenvalue weighted by Crippen LogP contribution is -2.23. The Bertz CT molecular complexity index is 558. The molecule has 0 saturated heterocycles. The van der Waals surface area contributed by atoms with Gasteiger partial charge in [-0.25, -0.2) is 4.98 Å². The molecule has 0 spiro atoms. The minimum atomic E-state index is 0.0147. The lowest BCUT2D eigenvalue weighted by Gasteiger charge is -2.15. The van der Waals surface area contributed by atoms with E-state index in [4.69, 9.17) is 11.6 Å². The third-order valence-electron chi connectivity index (χ3n) is 2.82. The molecule has 0 aliphatic rings. The molecule has 0 unspecified atom stereocenters. The quantitative estimate of drug-likeness (QED) is 0.896. The normalized spacial score (nSPS) is 12.7. The first kappa shape index (κ1) is 13.6. The molecule has 0 fully saturated rings. The zero-order chi connectivity index (χ0) is 13.1. The number of hydrogen-bond donors (Lipinski definition) is 2. The number of rotatable bonds is 4. The van der Waals surface area contributed by atoms with Gasteiger partial charge in [0.05, 0.1) is 23.2 Å². The van der Waals surface area contributed by atoms with E-state index in [1.165, 1.54) is 0 Å². The van der Waals surface area contributed by atoms with E-state index < -0.39 is 0 Å². The summed E-state index contributed by atoms with van der Waals surface area (Å²) in [5.74, 6) is 0.725. The van der Waals surface area contributed by atoms with Crippen LogP contribution in [0.15, 0.2) is 28.7 Å². The van der Waals surface area contributed by atoms with Crippen LogP contribution >= 0.6 is 27.5 Å². The lowest BCUT2D eigenvalue weighted by molar-refractivity contribution is 0.271. The number of pyridine rings is 1. The monoisotopic (exact) mass is 328 g/mol. The van der Waals surface area contributed by atoms with E-state index in [-0.39, 0.29) is 12.6 Å². The van der Waals surface area contributed by atoms with E-state index in [1.54, 1.807) is 0 Å². The molecule has 0 aliphatic carbocycles. The van der Waals surface area contributed by atoms with Crippen molar-refractivity contribution in [2.24, 2.45) is 0 Å². The molecule has 2 aromatic rings. The summed E-state index contributed by atoms with van der Waals surface area (Å²) < 4.78 is 0.968. The molecule has 2 N–H and O–H groups in total. The highest BCUT2D eigenvalue weighted by molar-refractivity contribution is 9.10. The predicted octanol–water partition coefficient (Wildman–Crippen LogP) is 3.83. The minimum absolute atomic E-state index is 0.0147. The highest BCUT2D eigenvalue weighted by Gasteiger charge is 2.08. The molecule has 0 aliphatic heterocycles. The molecule has 0 radical (unpaired) electrons. The van der Waals surface area contributed by atoms with Gasteiger partial charge in [0.25, 0.3) is 0 Å². The van der Waals surface area contributed by atoms with Gasteiger partial charge in [-0.2, -0.15) is 0 Å². The number of halogens is 2. The number of aliphatic hydroxyl groups excluding tert-OH is 1. The number of aliphatic hydroxyl groups is 1. The van der Waals surface area contributed by atoms with Crippen molar-refractivity contribution in [2.45, 2.75) is 19.4 Å². The molecule has 18 heavy (non-hydrogen) atoms. The second kappa shape index (κ2) is 5.87. The van der Waals surface area contributed by atoms with Crippen LogP contribution in [0.5, 0.6) is 0 Å². The molecule has 96 valence electrons. The molecule has 1 aromatic heterocycles. The average Bonchev–Trinajstić information content (AvgIpc) is 2.40. The molecule has 1 atom stereocenters. The number of benzene rings is 1. The molecular formula is C13H14BrClN2O. The molecule has 1 aromatic carbocycles. The van der Waals surface area contributed by atoms with Crippen molar-refractivity contribution in [3.63, 3.8) is 0 Å². The minimum Gasteiger partial charge on any atom is -0.394 e. The average molecular weight is 330 g/mol. The maximum Gasteiger partial charge on any atom is 0.127 e. The predicted molar refractivity (Wildman–Crippen MR) is 79.2 cm³/mol. The van der Waals surface area contributed by atoms with Crippen molar-refractivity contribution >= 4 is 44.3 Å². The molecule has 0 amide bonds. The number of nitrogens with one attached hydrogen (secondary N) is 1. The highest BCUT2D eigenvalue weighted by Crippen LogP contribution is 2.29. The summed E-state index contributed by atoms with van der Waals surface area (Å²) in [6.07, 6.45) is 0.836. The first-order chi connectivity index (χ1) is 8.65. The SMILES string of the molecule is CC[C@H](CO)Nc1ccc2c(Br)ccc(Cl)c2n1. The summed E-state index contributed by atoms with van der Waals surface area (Å²) in [4.78, 5) is 4.49. The van der Waals surface area contributed by atoms with Crippen molar-refractivity contribution in [1.29, 1.82) is 0 Å². The van der Waals surface area contributed by atoms with Crippen molar-refractivity contribution in [1.82, 2.24) is 4.98 Å². The zero-order valence-electron chi connectivity index (χ0n) is 9.95. The largest absolute Gasteiger partial charge is 0.394 e. The Morgan fingerprint density at radius 3 is 2.83 bits per heavy atom. The number of nitrogens with zero attached hydrogens (tertiary/aromatic N) is 1. The fourth-order valence-electron chi connectivity index (χ4n) is 1.72. The third-order valence-corrected chi connectivity index (χ3v) is 3.82. The van der Waals surface area contributed by atoms with Crippen LogP contribution in [0, 0.1) is 0 Å². The first-order valence-corrected chi connectivity index (χ1v) is 6.95. The summed E-state index contributed by atoms with van der Waals surface area (Å²) in [6, 6.07) is 7.59.